The third kappa shape index (κ3) is 5.25. The largest absolute Gasteiger partial charge is 0.383 e. The number of nitrogens with one attached hydrogen (secondary N) is 1. The van der Waals surface area contributed by atoms with Crippen molar-refractivity contribution in [2.24, 2.45) is 0 Å². The molecule has 1 amide bonds. The van der Waals surface area contributed by atoms with Crippen LogP contribution in [-0.2, 0) is 21.4 Å². The Morgan fingerprint density at radius 3 is 2.74 bits per heavy atom. The highest BCUT2D eigenvalue weighted by atomic mass is 32.2. The molecule has 12 heteroatoms. The second kappa shape index (κ2) is 10.5. The summed E-state index contributed by atoms with van der Waals surface area (Å²) < 4.78 is 43.7. The van der Waals surface area contributed by atoms with E-state index in [4.69, 9.17) is 10.8 Å². The molecule has 2 aromatic heterocycles. The van der Waals surface area contributed by atoms with Gasteiger partial charge in [0.2, 0.25) is 15.9 Å². The Labute approximate surface area is 225 Å². The first-order valence-corrected chi connectivity index (χ1v) is 13.9. The molecule has 0 saturated carbocycles. The molecule has 1 atom stereocenters. The molecule has 10 nitrogen and oxygen atoms in total. The van der Waals surface area contributed by atoms with Crippen LogP contribution >= 0.6 is 0 Å². The first kappa shape index (κ1) is 26.4. The van der Waals surface area contributed by atoms with Gasteiger partial charge in [-0.05, 0) is 49.1 Å². The average molecular weight is 550 g/mol. The van der Waals surface area contributed by atoms with Crippen molar-refractivity contribution in [3.63, 3.8) is 0 Å². The zero-order valence-electron chi connectivity index (χ0n) is 21.3. The molecule has 5 rings (SSSR count). The van der Waals surface area contributed by atoms with Crippen molar-refractivity contribution in [1.82, 2.24) is 29.4 Å². The summed E-state index contributed by atoms with van der Waals surface area (Å²) in [4.78, 5) is 22.2. The molecule has 0 radical (unpaired) electrons. The van der Waals surface area contributed by atoms with E-state index < -0.39 is 15.8 Å². The van der Waals surface area contributed by atoms with Gasteiger partial charge < -0.3 is 10.6 Å². The van der Waals surface area contributed by atoms with Gasteiger partial charge in [0.15, 0.2) is 5.65 Å². The lowest BCUT2D eigenvalue weighted by Gasteiger charge is -2.32. The maximum atomic E-state index is 14.1. The number of amides is 1. The Kier molecular flexibility index (Phi) is 7.15. The first-order chi connectivity index (χ1) is 18.7. The summed E-state index contributed by atoms with van der Waals surface area (Å²) in [6, 6.07) is 11.0. The summed E-state index contributed by atoms with van der Waals surface area (Å²) in [7, 11) is -4.04. The summed E-state index contributed by atoms with van der Waals surface area (Å²) >= 11 is 0. The maximum absolute atomic E-state index is 14.1. The smallest absolute Gasteiger partial charge is 0.246 e. The number of likely N-dealkylation sites (tertiary alicyclic amines) is 1. The van der Waals surface area contributed by atoms with Crippen molar-refractivity contribution >= 4 is 32.8 Å². The number of halogens is 1. The Hall–Kier alpha value is -4.16. The molecule has 1 fully saturated rings. The fourth-order valence-electron chi connectivity index (χ4n) is 4.79. The normalized spacial score (nSPS) is 15.9. The second-order valence-corrected chi connectivity index (χ2v) is 11.2. The van der Waals surface area contributed by atoms with Gasteiger partial charge in [0.1, 0.15) is 28.6 Å². The van der Waals surface area contributed by atoms with Crippen LogP contribution < -0.4 is 10.5 Å². The highest BCUT2D eigenvalue weighted by Gasteiger charge is 2.28. The molecule has 0 spiro atoms. The van der Waals surface area contributed by atoms with E-state index in [1.54, 1.807) is 24.0 Å². The number of carbonyl (C=O) groups excluding carboxylic acids is 1. The number of anilines is 1. The lowest BCUT2D eigenvalue weighted by molar-refractivity contribution is -0.127. The van der Waals surface area contributed by atoms with Crippen LogP contribution in [0.5, 0.6) is 0 Å². The summed E-state index contributed by atoms with van der Waals surface area (Å²) in [5, 5.41) is 5.46. The van der Waals surface area contributed by atoms with Crippen LogP contribution in [0.2, 0.25) is 0 Å². The van der Waals surface area contributed by atoms with E-state index in [9.17, 15) is 17.6 Å². The van der Waals surface area contributed by atoms with E-state index >= 15 is 0 Å². The molecular weight excluding hydrogens is 521 g/mol. The molecule has 1 saturated heterocycles. The van der Waals surface area contributed by atoms with E-state index in [-0.39, 0.29) is 29.2 Å². The third-order valence-corrected chi connectivity index (χ3v) is 8.23. The zero-order chi connectivity index (χ0) is 27.7. The van der Waals surface area contributed by atoms with Crippen molar-refractivity contribution in [3.8, 4) is 11.3 Å². The number of aryl methyl sites for hydroxylation is 1. The Bertz CT molecular complexity index is 1670. The van der Waals surface area contributed by atoms with Gasteiger partial charge in [0.05, 0.1) is 11.4 Å². The first-order valence-electron chi connectivity index (χ1n) is 12.4. The molecule has 3 N–H and O–H groups in total. The predicted molar refractivity (Wildman–Crippen MR) is 145 cm³/mol. The van der Waals surface area contributed by atoms with Crippen LogP contribution in [0.1, 0.15) is 30.0 Å². The van der Waals surface area contributed by atoms with E-state index in [1.807, 2.05) is 16.8 Å². The van der Waals surface area contributed by atoms with Gasteiger partial charge in [0, 0.05) is 25.2 Å². The van der Waals surface area contributed by atoms with Crippen LogP contribution in [0.3, 0.4) is 0 Å². The molecular formula is C27H28FN7O3S. The molecule has 39 heavy (non-hydrogen) atoms. The van der Waals surface area contributed by atoms with Crippen LogP contribution in [0.15, 0.2) is 66.3 Å². The van der Waals surface area contributed by atoms with Crippen molar-refractivity contribution in [1.29, 1.82) is 0 Å². The summed E-state index contributed by atoms with van der Waals surface area (Å²) in [6.45, 7) is 6.40. The number of piperidine rings is 1. The molecule has 0 unspecified atom stereocenters. The number of hydrogen-bond donors (Lipinski definition) is 2. The highest BCUT2D eigenvalue weighted by molar-refractivity contribution is 7.89. The lowest BCUT2D eigenvalue weighted by Crippen LogP contribution is -2.40. The number of carbonyl (C=O) groups is 1. The van der Waals surface area contributed by atoms with Gasteiger partial charge >= 0.3 is 0 Å². The highest BCUT2D eigenvalue weighted by Crippen LogP contribution is 2.34. The Morgan fingerprint density at radius 1 is 1.23 bits per heavy atom. The fourth-order valence-corrected chi connectivity index (χ4v) is 5.97. The number of nitrogens with two attached hydrogens (primary N) is 1. The van der Waals surface area contributed by atoms with Gasteiger partial charge in [0.25, 0.3) is 0 Å². The number of hydrogen-bond acceptors (Lipinski definition) is 7. The molecule has 3 heterocycles. The number of benzene rings is 2. The number of nitrogens with zero attached hydrogens (tertiary/aromatic N) is 5. The SMILES string of the molecule is C=CC(=O)N1CCC[C@@H](n2nc(-c3ccc(CNS(=O)(=O)c4cc(C)ccc4F)cc3)c3c(N)ncnc32)C1. The molecule has 1 aliphatic rings. The molecule has 202 valence electrons. The maximum Gasteiger partial charge on any atom is 0.246 e. The summed E-state index contributed by atoms with van der Waals surface area (Å²) in [5.41, 5.74) is 9.47. The lowest BCUT2D eigenvalue weighted by atomic mass is 10.1. The number of fused-ring (bicyclic) bond motifs is 1. The molecule has 1 aliphatic heterocycles. The summed E-state index contributed by atoms with van der Waals surface area (Å²) in [6.07, 6.45) is 4.34. The minimum Gasteiger partial charge on any atom is -0.383 e. The average Bonchev–Trinajstić information content (AvgIpc) is 3.34. The zero-order valence-corrected chi connectivity index (χ0v) is 22.2. The second-order valence-electron chi connectivity index (χ2n) is 9.49. The van der Waals surface area contributed by atoms with Crippen molar-refractivity contribution < 1.29 is 17.6 Å². The quantitative estimate of drug-likeness (QED) is 0.338. The number of nitrogen functional groups attached to an aromatic ring is 1. The number of sulfonamides is 1. The van der Waals surface area contributed by atoms with Gasteiger partial charge in [-0.15, -0.1) is 0 Å². The van der Waals surface area contributed by atoms with E-state index in [0.29, 0.717) is 40.9 Å². The predicted octanol–water partition coefficient (Wildman–Crippen LogP) is 3.35. The van der Waals surface area contributed by atoms with E-state index in [0.717, 1.165) is 24.5 Å². The van der Waals surface area contributed by atoms with Crippen LogP contribution in [0.4, 0.5) is 10.2 Å². The van der Waals surface area contributed by atoms with E-state index in [1.165, 1.54) is 24.5 Å². The molecule has 2 aromatic carbocycles. The van der Waals surface area contributed by atoms with Gasteiger partial charge in [-0.3, -0.25) is 4.79 Å². The molecule has 4 aromatic rings. The fraction of sp³-hybridized carbons (Fsp3) is 0.259. The van der Waals surface area contributed by atoms with Crippen LogP contribution in [0.25, 0.3) is 22.3 Å². The van der Waals surface area contributed by atoms with E-state index in [2.05, 4.69) is 21.3 Å². The standard InChI is InChI=1S/C27H28FN7O3S/c1-3-23(36)34-12-4-5-20(15-34)35-27-24(26(29)30-16-31-27)25(33-35)19-9-7-18(8-10-19)14-32-39(37,38)22-13-17(2)6-11-21(22)28/h3,6-11,13,16,20,32H,1,4-5,12,14-15H2,2H3,(H2,29,30,31)/t20-/m1/s1. The number of rotatable bonds is 7. The summed E-state index contributed by atoms with van der Waals surface area (Å²) in [5.74, 6) is -0.643. The molecule has 0 aliphatic carbocycles. The van der Waals surface area contributed by atoms with Gasteiger partial charge in [-0.1, -0.05) is 36.9 Å². The van der Waals surface area contributed by atoms with Crippen molar-refractivity contribution in [3.05, 3.63) is 78.4 Å². The third-order valence-electron chi connectivity index (χ3n) is 6.82. The molecule has 0 bridgehead atoms. The van der Waals surface area contributed by atoms with Crippen molar-refractivity contribution in [2.75, 3.05) is 18.8 Å². The van der Waals surface area contributed by atoms with Crippen molar-refractivity contribution in [2.45, 2.75) is 37.2 Å². The van der Waals surface area contributed by atoms with Gasteiger partial charge in [-0.2, -0.15) is 5.10 Å². The Morgan fingerprint density at radius 2 is 2.00 bits per heavy atom. The van der Waals surface area contributed by atoms with Crippen LogP contribution in [-0.4, -0.2) is 52.1 Å². The Balaban J connectivity index is 1.41. The van der Waals surface area contributed by atoms with Crippen LogP contribution in [0, 0.1) is 12.7 Å². The monoisotopic (exact) mass is 549 g/mol. The number of aromatic nitrogens is 4. The topological polar surface area (TPSA) is 136 Å². The minimum atomic E-state index is -4.04. The van der Waals surface area contributed by atoms with Gasteiger partial charge in [-0.25, -0.2) is 32.2 Å². The minimum absolute atomic E-state index is 0.0221.